The standard InChI is InChI=1S/C10H10N2O2S/c13-10(14)9-7-3-1-2-5-12(7)8(11-9)4-6-15/h1-3,5,15H,4,6H2,(H,13,14). The smallest absolute Gasteiger partial charge is 0.356 e. The summed E-state index contributed by atoms with van der Waals surface area (Å²) >= 11 is 4.12. The number of carboxylic acid groups (broad SMARTS) is 1. The third kappa shape index (κ3) is 1.70. The molecule has 0 aliphatic rings. The molecule has 0 unspecified atom stereocenters. The van der Waals surface area contributed by atoms with E-state index in [4.69, 9.17) is 5.11 Å². The van der Waals surface area contributed by atoms with E-state index in [1.165, 1.54) is 0 Å². The highest BCUT2D eigenvalue weighted by molar-refractivity contribution is 7.80. The number of hydrogen-bond donors (Lipinski definition) is 2. The number of aromatic carboxylic acids is 1. The van der Waals surface area contributed by atoms with Gasteiger partial charge in [0.25, 0.3) is 0 Å². The van der Waals surface area contributed by atoms with Gasteiger partial charge in [-0.2, -0.15) is 12.6 Å². The number of aryl methyl sites for hydroxylation is 1. The largest absolute Gasteiger partial charge is 0.476 e. The van der Waals surface area contributed by atoms with E-state index in [9.17, 15) is 4.79 Å². The van der Waals surface area contributed by atoms with Crippen molar-refractivity contribution >= 4 is 24.1 Å². The molecule has 0 bridgehead atoms. The van der Waals surface area contributed by atoms with E-state index < -0.39 is 5.97 Å². The number of nitrogens with zero attached hydrogens (tertiary/aromatic N) is 2. The van der Waals surface area contributed by atoms with E-state index in [0.717, 1.165) is 5.82 Å². The highest BCUT2D eigenvalue weighted by Gasteiger charge is 2.15. The summed E-state index contributed by atoms with van der Waals surface area (Å²) < 4.78 is 1.79. The molecule has 2 heterocycles. The van der Waals surface area contributed by atoms with Crippen molar-refractivity contribution in [3.63, 3.8) is 0 Å². The number of imidazole rings is 1. The summed E-state index contributed by atoms with van der Waals surface area (Å²) in [5.41, 5.74) is 0.731. The normalized spacial score (nSPS) is 10.7. The molecule has 1 N–H and O–H groups in total. The quantitative estimate of drug-likeness (QED) is 0.774. The van der Waals surface area contributed by atoms with Gasteiger partial charge >= 0.3 is 5.97 Å². The lowest BCUT2D eigenvalue weighted by atomic mass is 10.3. The second-order valence-electron chi connectivity index (χ2n) is 3.11. The molecule has 0 aliphatic heterocycles. The van der Waals surface area contributed by atoms with Gasteiger partial charge in [0.05, 0.1) is 5.52 Å². The molecule has 0 aromatic carbocycles. The van der Waals surface area contributed by atoms with E-state index in [2.05, 4.69) is 17.6 Å². The zero-order chi connectivity index (χ0) is 10.8. The Morgan fingerprint density at radius 1 is 1.53 bits per heavy atom. The van der Waals surface area contributed by atoms with Crippen LogP contribution in [-0.4, -0.2) is 26.2 Å². The van der Waals surface area contributed by atoms with Gasteiger partial charge in [-0.1, -0.05) is 6.07 Å². The monoisotopic (exact) mass is 222 g/mol. The third-order valence-electron chi connectivity index (χ3n) is 2.16. The fourth-order valence-electron chi connectivity index (χ4n) is 1.54. The van der Waals surface area contributed by atoms with Gasteiger partial charge in [-0.25, -0.2) is 9.78 Å². The van der Waals surface area contributed by atoms with Gasteiger partial charge in [0, 0.05) is 12.6 Å². The summed E-state index contributed by atoms with van der Waals surface area (Å²) in [6, 6.07) is 5.40. The summed E-state index contributed by atoms with van der Waals surface area (Å²) in [6.07, 6.45) is 2.47. The lowest BCUT2D eigenvalue weighted by Crippen LogP contribution is -1.97. The van der Waals surface area contributed by atoms with Gasteiger partial charge in [-0.15, -0.1) is 0 Å². The molecule has 0 saturated heterocycles. The van der Waals surface area contributed by atoms with Gasteiger partial charge in [-0.05, 0) is 17.9 Å². The number of rotatable bonds is 3. The van der Waals surface area contributed by atoms with Crippen molar-refractivity contribution in [3.05, 3.63) is 35.9 Å². The molecule has 15 heavy (non-hydrogen) atoms. The molecular weight excluding hydrogens is 212 g/mol. The molecule has 5 heteroatoms. The number of carboxylic acids is 1. The van der Waals surface area contributed by atoms with Crippen LogP contribution in [-0.2, 0) is 6.42 Å². The predicted octanol–water partition coefficient (Wildman–Crippen LogP) is 1.50. The first-order valence-corrected chi connectivity index (χ1v) is 5.17. The molecule has 0 saturated carbocycles. The highest BCUT2D eigenvalue weighted by atomic mass is 32.1. The maximum Gasteiger partial charge on any atom is 0.356 e. The van der Waals surface area contributed by atoms with Crippen LogP contribution >= 0.6 is 12.6 Å². The molecule has 0 fully saturated rings. The molecule has 2 rings (SSSR count). The van der Waals surface area contributed by atoms with E-state index in [-0.39, 0.29) is 5.69 Å². The molecule has 0 aliphatic carbocycles. The number of hydrogen-bond acceptors (Lipinski definition) is 3. The average Bonchev–Trinajstić information content (AvgIpc) is 2.59. The predicted molar refractivity (Wildman–Crippen MR) is 59.7 cm³/mol. The topological polar surface area (TPSA) is 54.6 Å². The van der Waals surface area contributed by atoms with Crippen LogP contribution in [0, 0.1) is 0 Å². The van der Waals surface area contributed by atoms with Crippen molar-refractivity contribution in [1.29, 1.82) is 0 Å². The van der Waals surface area contributed by atoms with Crippen molar-refractivity contribution in [3.8, 4) is 0 Å². The van der Waals surface area contributed by atoms with Crippen LogP contribution < -0.4 is 0 Å². The highest BCUT2D eigenvalue weighted by Crippen LogP contribution is 2.13. The summed E-state index contributed by atoms with van der Waals surface area (Å²) in [4.78, 5) is 15.0. The Morgan fingerprint density at radius 2 is 2.33 bits per heavy atom. The van der Waals surface area contributed by atoms with Gasteiger partial charge in [0.2, 0.25) is 0 Å². The molecule has 0 radical (unpaired) electrons. The lowest BCUT2D eigenvalue weighted by Gasteiger charge is -1.97. The number of pyridine rings is 1. The summed E-state index contributed by atoms with van der Waals surface area (Å²) in [6.45, 7) is 0. The van der Waals surface area contributed by atoms with Crippen LogP contribution in [0.15, 0.2) is 24.4 Å². The van der Waals surface area contributed by atoms with Crippen LogP contribution in [0.4, 0.5) is 0 Å². The Kier molecular flexibility index (Phi) is 2.64. The van der Waals surface area contributed by atoms with Crippen molar-refractivity contribution in [2.24, 2.45) is 0 Å². The van der Waals surface area contributed by atoms with Crippen LogP contribution in [0.5, 0.6) is 0 Å². The maximum absolute atomic E-state index is 10.9. The van der Waals surface area contributed by atoms with E-state index in [0.29, 0.717) is 17.7 Å². The second-order valence-corrected chi connectivity index (χ2v) is 3.56. The minimum atomic E-state index is -0.996. The second kappa shape index (κ2) is 3.94. The zero-order valence-electron chi connectivity index (χ0n) is 7.92. The fourth-order valence-corrected chi connectivity index (χ4v) is 1.74. The summed E-state index contributed by atoms with van der Waals surface area (Å²) in [5, 5.41) is 8.97. The molecule has 0 atom stereocenters. The molecule has 78 valence electrons. The maximum atomic E-state index is 10.9. The molecular formula is C10H10N2O2S. The number of aromatic nitrogens is 2. The first-order chi connectivity index (χ1) is 7.24. The third-order valence-corrected chi connectivity index (χ3v) is 2.38. The van der Waals surface area contributed by atoms with Gasteiger partial charge in [0.1, 0.15) is 5.82 Å². The Bertz CT molecular complexity index is 507. The molecule has 2 aromatic rings. The zero-order valence-corrected chi connectivity index (χ0v) is 8.82. The first kappa shape index (κ1) is 10.0. The van der Waals surface area contributed by atoms with E-state index in [1.807, 2.05) is 12.3 Å². The Morgan fingerprint density at radius 3 is 3.00 bits per heavy atom. The molecule has 0 amide bonds. The fraction of sp³-hybridized carbons (Fsp3) is 0.200. The number of carbonyl (C=O) groups is 1. The number of fused-ring (bicyclic) bond motifs is 1. The lowest BCUT2D eigenvalue weighted by molar-refractivity contribution is 0.0693. The van der Waals surface area contributed by atoms with Crippen LogP contribution in [0.1, 0.15) is 16.3 Å². The Balaban J connectivity index is 2.67. The summed E-state index contributed by atoms with van der Waals surface area (Å²) in [5.74, 6) is 0.384. The van der Waals surface area contributed by atoms with Gasteiger partial charge in [-0.3, -0.25) is 0 Å². The molecule has 2 aromatic heterocycles. The minimum absolute atomic E-state index is 0.104. The SMILES string of the molecule is O=C(O)c1nc(CCS)n2ccccc12. The van der Waals surface area contributed by atoms with Crippen molar-refractivity contribution < 1.29 is 9.90 Å². The summed E-state index contributed by atoms with van der Waals surface area (Å²) in [7, 11) is 0. The first-order valence-electron chi connectivity index (χ1n) is 4.54. The van der Waals surface area contributed by atoms with E-state index in [1.54, 1.807) is 16.5 Å². The van der Waals surface area contributed by atoms with Crippen molar-refractivity contribution in [2.75, 3.05) is 5.75 Å². The van der Waals surface area contributed by atoms with Gasteiger partial charge in [0.15, 0.2) is 5.69 Å². The van der Waals surface area contributed by atoms with Crippen LogP contribution in [0.3, 0.4) is 0 Å². The Labute approximate surface area is 92.0 Å². The van der Waals surface area contributed by atoms with Crippen LogP contribution in [0.2, 0.25) is 0 Å². The molecule has 0 spiro atoms. The Hall–Kier alpha value is -1.49. The van der Waals surface area contributed by atoms with Crippen molar-refractivity contribution in [1.82, 2.24) is 9.38 Å². The van der Waals surface area contributed by atoms with Crippen LogP contribution in [0.25, 0.3) is 5.52 Å². The number of thiol groups is 1. The van der Waals surface area contributed by atoms with E-state index >= 15 is 0 Å². The van der Waals surface area contributed by atoms with Crippen molar-refractivity contribution in [2.45, 2.75) is 6.42 Å². The van der Waals surface area contributed by atoms with Gasteiger partial charge < -0.3 is 9.51 Å². The average molecular weight is 222 g/mol. The minimum Gasteiger partial charge on any atom is -0.476 e. The molecule has 4 nitrogen and oxygen atoms in total.